The molecule has 1 saturated heterocycles. The fraction of sp³-hybridized carbons (Fsp3) is 0.435. The van der Waals surface area contributed by atoms with E-state index in [9.17, 15) is 4.79 Å². The molecule has 2 aliphatic rings. The van der Waals surface area contributed by atoms with Crippen LogP contribution in [-0.4, -0.2) is 44.7 Å². The molecule has 0 aromatic heterocycles. The number of hydrogen-bond acceptors (Lipinski definition) is 4. The summed E-state index contributed by atoms with van der Waals surface area (Å²) in [7, 11) is 3.30. The molecule has 1 spiro atoms. The summed E-state index contributed by atoms with van der Waals surface area (Å²) in [5.41, 5.74) is 3.64. The van der Waals surface area contributed by atoms with Gasteiger partial charge in [0, 0.05) is 23.7 Å². The highest BCUT2D eigenvalue weighted by Crippen LogP contribution is 2.45. The fourth-order valence-corrected chi connectivity index (χ4v) is 4.73. The van der Waals surface area contributed by atoms with E-state index in [2.05, 4.69) is 6.07 Å². The molecule has 2 aromatic carbocycles. The monoisotopic (exact) mass is 415 g/mol. The van der Waals surface area contributed by atoms with E-state index in [4.69, 9.17) is 25.8 Å². The number of methoxy groups -OCH3 is 2. The van der Waals surface area contributed by atoms with Crippen molar-refractivity contribution in [3.63, 3.8) is 0 Å². The van der Waals surface area contributed by atoms with Crippen molar-refractivity contribution in [1.82, 2.24) is 4.90 Å². The summed E-state index contributed by atoms with van der Waals surface area (Å²) >= 11 is 6.04. The maximum absolute atomic E-state index is 13.0. The van der Waals surface area contributed by atoms with Crippen LogP contribution in [0.3, 0.4) is 0 Å². The molecule has 0 N–H and O–H groups in total. The number of benzene rings is 2. The van der Waals surface area contributed by atoms with Crippen molar-refractivity contribution < 1.29 is 19.0 Å². The molecule has 2 aromatic rings. The standard InChI is InChI=1S/C23H26ClNO4/c1-15-12-17(24)4-5-18(15)22(26)25-9-7-23(8-10-25)19-14-21(28-3)20(27-2)13-16(19)6-11-29-23/h4-5,12-14H,6-11H2,1-3H3. The van der Waals surface area contributed by atoms with Crippen molar-refractivity contribution >= 4 is 17.5 Å². The summed E-state index contributed by atoms with van der Waals surface area (Å²) in [5.74, 6) is 1.51. The largest absolute Gasteiger partial charge is 0.493 e. The van der Waals surface area contributed by atoms with Crippen LogP contribution < -0.4 is 9.47 Å². The van der Waals surface area contributed by atoms with Gasteiger partial charge in [0.15, 0.2) is 11.5 Å². The molecule has 154 valence electrons. The summed E-state index contributed by atoms with van der Waals surface area (Å²) in [6, 6.07) is 9.53. The van der Waals surface area contributed by atoms with Crippen molar-refractivity contribution in [2.75, 3.05) is 33.9 Å². The molecule has 0 saturated carbocycles. The SMILES string of the molecule is COc1cc2c(cc1OC)C1(CCN(C(=O)c3ccc(Cl)cc3C)CC1)OCC2. The van der Waals surface area contributed by atoms with Gasteiger partial charge in [-0.3, -0.25) is 4.79 Å². The molecular weight excluding hydrogens is 390 g/mol. The Balaban J connectivity index is 1.57. The lowest BCUT2D eigenvalue weighted by Crippen LogP contribution is -2.48. The van der Waals surface area contributed by atoms with Crippen molar-refractivity contribution in [3.8, 4) is 11.5 Å². The van der Waals surface area contributed by atoms with Crippen molar-refractivity contribution in [1.29, 1.82) is 0 Å². The Morgan fingerprint density at radius 2 is 1.79 bits per heavy atom. The van der Waals surface area contributed by atoms with E-state index < -0.39 is 0 Å². The minimum atomic E-state index is -0.376. The Bertz CT molecular complexity index is 935. The van der Waals surface area contributed by atoms with E-state index >= 15 is 0 Å². The van der Waals surface area contributed by atoms with Gasteiger partial charge in [0.2, 0.25) is 0 Å². The fourth-order valence-electron chi connectivity index (χ4n) is 4.51. The second-order valence-electron chi connectivity index (χ2n) is 7.71. The zero-order chi connectivity index (χ0) is 20.6. The first-order valence-corrected chi connectivity index (χ1v) is 10.3. The zero-order valence-electron chi connectivity index (χ0n) is 17.1. The highest BCUT2D eigenvalue weighted by Gasteiger charge is 2.42. The van der Waals surface area contributed by atoms with Gasteiger partial charge in [0.05, 0.1) is 26.4 Å². The molecule has 29 heavy (non-hydrogen) atoms. The lowest BCUT2D eigenvalue weighted by Gasteiger charge is -2.45. The van der Waals surface area contributed by atoms with Crippen LogP contribution in [0.15, 0.2) is 30.3 Å². The van der Waals surface area contributed by atoms with Gasteiger partial charge < -0.3 is 19.1 Å². The molecule has 6 heteroatoms. The highest BCUT2D eigenvalue weighted by molar-refractivity contribution is 6.30. The third-order valence-corrected chi connectivity index (χ3v) is 6.36. The van der Waals surface area contributed by atoms with Crippen LogP contribution in [-0.2, 0) is 16.8 Å². The van der Waals surface area contributed by atoms with Crippen LogP contribution in [0.25, 0.3) is 0 Å². The number of ether oxygens (including phenoxy) is 3. The van der Waals surface area contributed by atoms with Gasteiger partial charge in [0.1, 0.15) is 0 Å². The first-order chi connectivity index (χ1) is 14.0. The van der Waals surface area contributed by atoms with Gasteiger partial charge in [0.25, 0.3) is 5.91 Å². The van der Waals surface area contributed by atoms with Crippen LogP contribution in [0.1, 0.15) is 39.9 Å². The number of piperidine rings is 1. The maximum Gasteiger partial charge on any atom is 0.254 e. The van der Waals surface area contributed by atoms with E-state index in [1.54, 1.807) is 20.3 Å². The van der Waals surface area contributed by atoms with Crippen molar-refractivity contribution in [2.45, 2.75) is 31.8 Å². The lowest BCUT2D eigenvalue weighted by molar-refractivity contribution is -0.0936. The second-order valence-corrected chi connectivity index (χ2v) is 8.14. The molecular formula is C23H26ClNO4. The summed E-state index contributed by atoms with van der Waals surface area (Å²) in [6.45, 7) is 3.89. The molecule has 2 heterocycles. The van der Waals surface area contributed by atoms with Gasteiger partial charge >= 0.3 is 0 Å². The third-order valence-electron chi connectivity index (χ3n) is 6.13. The van der Waals surface area contributed by atoms with Crippen LogP contribution in [0.4, 0.5) is 0 Å². The summed E-state index contributed by atoms with van der Waals surface area (Å²) in [5, 5.41) is 0.647. The molecule has 0 radical (unpaired) electrons. The minimum Gasteiger partial charge on any atom is -0.493 e. The number of halogens is 1. The number of carbonyl (C=O) groups is 1. The Kier molecular flexibility index (Phi) is 5.45. The number of likely N-dealkylation sites (tertiary alicyclic amines) is 1. The maximum atomic E-state index is 13.0. The van der Waals surface area contributed by atoms with E-state index in [-0.39, 0.29) is 11.5 Å². The Hall–Kier alpha value is -2.24. The third kappa shape index (κ3) is 3.58. The van der Waals surface area contributed by atoms with Crippen LogP contribution in [0.5, 0.6) is 11.5 Å². The smallest absolute Gasteiger partial charge is 0.254 e. The number of amides is 1. The molecule has 0 aliphatic carbocycles. The number of aryl methyl sites for hydroxylation is 1. The predicted molar refractivity (Wildman–Crippen MR) is 112 cm³/mol. The number of rotatable bonds is 3. The average Bonchev–Trinajstić information content (AvgIpc) is 2.73. The summed E-state index contributed by atoms with van der Waals surface area (Å²) < 4.78 is 17.3. The number of nitrogens with zero attached hydrogens (tertiary/aromatic N) is 1. The van der Waals surface area contributed by atoms with Gasteiger partial charge in [-0.2, -0.15) is 0 Å². The van der Waals surface area contributed by atoms with Gasteiger partial charge in [-0.05, 0) is 73.2 Å². The van der Waals surface area contributed by atoms with Crippen LogP contribution in [0, 0.1) is 6.92 Å². The van der Waals surface area contributed by atoms with Gasteiger partial charge in [-0.25, -0.2) is 0 Å². The average molecular weight is 416 g/mol. The van der Waals surface area contributed by atoms with Crippen LogP contribution >= 0.6 is 11.6 Å². The van der Waals surface area contributed by atoms with E-state index in [1.165, 1.54) is 5.56 Å². The summed E-state index contributed by atoms with van der Waals surface area (Å²) in [6.07, 6.45) is 2.37. The Labute approximate surface area is 176 Å². The molecule has 2 aliphatic heterocycles. The number of fused-ring (bicyclic) bond motifs is 2. The quantitative estimate of drug-likeness (QED) is 0.746. The molecule has 0 unspecified atom stereocenters. The lowest BCUT2D eigenvalue weighted by atomic mass is 9.79. The van der Waals surface area contributed by atoms with Crippen LogP contribution in [0.2, 0.25) is 5.02 Å². The normalized spacial score (nSPS) is 17.7. The minimum absolute atomic E-state index is 0.0531. The van der Waals surface area contributed by atoms with Gasteiger partial charge in [-0.1, -0.05) is 11.6 Å². The predicted octanol–water partition coefficient (Wildman–Crippen LogP) is 4.37. The van der Waals surface area contributed by atoms with Crippen molar-refractivity contribution in [2.24, 2.45) is 0 Å². The molecule has 1 amide bonds. The van der Waals surface area contributed by atoms with Gasteiger partial charge in [-0.15, -0.1) is 0 Å². The molecule has 5 nitrogen and oxygen atoms in total. The molecule has 0 atom stereocenters. The van der Waals surface area contributed by atoms with Crippen molar-refractivity contribution in [3.05, 3.63) is 57.6 Å². The number of carbonyl (C=O) groups excluding carboxylic acids is 1. The molecule has 4 rings (SSSR count). The Morgan fingerprint density at radius 3 is 2.45 bits per heavy atom. The zero-order valence-corrected chi connectivity index (χ0v) is 17.8. The first-order valence-electron chi connectivity index (χ1n) is 9.92. The second kappa shape index (κ2) is 7.88. The molecule has 0 bridgehead atoms. The Morgan fingerprint density at radius 1 is 1.10 bits per heavy atom. The topological polar surface area (TPSA) is 48.0 Å². The van der Waals surface area contributed by atoms with E-state index in [0.29, 0.717) is 36.0 Å². The highest BCUT2D eigenvalue weighted by atomic mass is 35.5. The summed E-state index contributed by atoms with van der Waals surface area (Å²) in [4.78, 5) is 15.0. The van der Waals surface area contributed by atoms with E-state index in [0.717, 1.165) is 36.1 Å². The molecule has 1 fully saturated rings. The first kappa shape index (κ1) is 20.0. The number of hydrogen-bond donors (Lipinski definition) is 0. The van der Waals surface area contributed by atoms with E-state index in [1.807, 2.05) is 30.0 Å².